The van der Waals surface area contributed by atoms with Crippen molar-refractivity contribution in [2.45, 2.75) is 65.4 Å². The third kappa shape index (κ3) is 6.24. The molecule has 1 saturated carbocycles. The minimum Gasteiger partial charge on any atom is -0.430 e. The maximum Gasteiger partial charge on any atom is 0.514 e. The van der Waals surface area contributed by atoms with Crippen molar-refractivity contribution in [3.8, 4) is 5.75 Å². The predicted molar refractivity (Wildman–Crippen MR) is 143 cm³/mol. The summed E-state index contributed by atoms with van der Waals surface area (Å²) in [6.45, 7) is 7.88. The number of rotatable bonds is 7. The number of Topliss-reactive ketones (excluding diaryl/α,β-unsaturated/α-hetero) is 1. The van der Waals surface area contributed by atoms with Crippen LogP contribution in [0, 0.1) is 17.8 Å². The SMILES string of the molecule is CC(=O)CC(c1ccc(Cl)cc1)c1c(OC(=O)OC2CC(C)CCC2C(C)C)c2ccccc2oc1=O. The van der Waals surface area contributed by atoms with Gasteiger partial charge in [-0.25, -0.2) is 9.59 Å². The highest BCUT2D eigenvalue weighted by atomic mass is 35.5. The summed E-state index contributed by atoms with van der Waals surface area (Å²) in [7, 11) is 0. The van der Waals surface area contributed by atoms with Gasteiger partial charge in [0.2, 0.25) is 0 Å². The molecule has 1 aromatic heterocycles. The van der Waals surface area contributed by atoms with Crippen molar-refractivity contribution >= 4 is 34.5 Å². The third-order valence-corrected chi connectivity index (χ3v) is 7.56. The Hall–Kier alpha value is -3.12. The van der Waals surface area contributed by atoms with E-state index in [1.54, 1.807) is 48.5 Å². The number of benzene rings is 2. The average molecular weight is 525 g/mol. The van der Waals surface area contributed by atoms with Crippen molar-refractivity contribution in [2.24, 2.45) is 17.8 Å². The van der Waals surface area contributed by atoms with Crippen LogP contribution in [0.5, 0.6) is 5.75 Å². The van der Waals surface area contributed by atoms with Crippen molar-refractivity contribution in [2.75, 3.05) is 0 Å². The number of carbonyl (C=O) groups is 2. The predicted octanol–water partition coefficient (Wildman–Crippen LogP) is 7.53. The lowest BCUT2D eigenvalue weighted by Gasteiger charge is -2.36. The molecule has 196 valence electrons. The number of hydrogen-bond donors (Lipinski definition) is 0. The smallest absolute Gasteiger partial charge is 0.430 e. The highest BCUT2D eigenvalue weighted by Crippen LogP contribution is 2.39. The minimum atomic E-state index is -0.862. The molecular weight excluding hydrogens is 492 g/mol. The molecule has 4 unspecified atom stereocenters. The number of ether oxygens (including phenoxy) is 2. The lowest BCUT2D eigenvalue weighted by molar-refractivity contribution is -0.117. The number of fused-ring (bicyclic) bond motifs is 1. The van der Waals surface area contributed by atoms with Crippen LogP contribution in [0.15, 0.2) is 57.7 Å². The zero-order valence-electron chi connectivity index (χ0n) is 21.7. The highest BCUT2D eigenvalue weighted by Gasteiger charge is 2.35. The normalized spacial score (nSPS) is 20.5. The molecule has 2 aromatic carbocycles. The molecule has 0 spiro atoms. The fourth-order valence-corrected chi connectivity index (χ4v) is 5.52. The second kappa shape index (κ2) is 11.5. The van der Waals surface area contributed by atoms with Gasteiger partial charge in [0.1, 0.15) is 17.5 Å². The number of halogens is 1. The van der Waals surface area contributed by atoms with E-state index in [1.807, 2.05) is 0 Å². The average Bonchev–Trinajstić information content (AvgIpc) is 2.83. The van der Waals surface area contributed by atoms with Crippen LogP contribution in [-0.2, 0) is 9.53 Å². The third-order valence-electron chi connectivity index (χ3n) is 7.31. The van der Waals surface area contributed by atoms with E-state index < -0.39 is 17.7 Å². The Morgan fingerprint density at radius 3 is 2.46 bits per heavy atom. The second-order valence-electron chi connectivity index (χ2n) is 10.5. The van der Waals surface area contributed by atoms with Crippen LogP contribution in [-0.4, -0.2) is 18.0 Å². The Labute approximate surface area is 221 Å². The molecular formula is C30H33ClO6. The fraction of sp³-hybridized carbons (Fsp3) is 0.433. The highest BCUT2D eigenvalue weighted by molar-refractivity contribution is 6.30. The summed E-state index contributed by atoms with van der Waals surface area (Å²) in [5, 5.41) is 0.978. The molecule has 1 aliphatic carbocycles. The Kier molecular flexibility index (Phi) is 8.38. The summed E-state index contributed by atoms with van der Waals surface area (Å²) in [6, 6.07) is 13.7. The maximum atomic E-state index is 13.3. The van der Waals surface area contributed by atoms with E-state index in [4.69, 9.17) is 25.5 Å². The van der Waals surface area contributed by atoms with Gasteiger partial charge < -0.3 is 13.9 Å². The molecule has 1 heterocycles. The molecule has 0 amide bonds. The molecule has 4 atom stereocenters. The summed E-state index contributed by atoms with van der Waals surface area (Å²) in [5.41, 5.74) is 0.393. The molecule has 1 fully saturated rings. The monoisotopic (exact) mass is 524 g/mol. The van der Waals surface area contributed by atoms with Crippen LogP contribution in [0.3, 0.4) is 0 Å². The first kappa shape index (κ1) is 26.9. The number of para-hydroxylation sites is 1. The molecule has 7 heteroatoms. The number of carbonyl (C=O) groups excluding carboxylic acids is 2. The van der Waals surface area contributed by atoms with E-state index in [1.165, 1.54) is 6.92 Å². The Morgan fingerprint density at radius 2 is 1.78 bits per heavy atom. The van der Waals surface area contributed by atoms with Crippen LogP contribution >= 0.6 is 11.6 Å². The van der Waals surface area contributed by atoms with E-state index in [2.05, 4.69) is 20.8 Å². The van der Waals surface area contributed by atoms with Crippen LogP contribution in [0.1, 0.15) is 70.4 Å². The van der Waals surface area contributed by atoms with Crippen molar-refractivity contribution in [1.82, 2.24) is 0 Å². The molecule has 1 aliphatic rings. The second-order valence-corrected chi connectivity index (χ2v) is 10.9. The first-order chi connectivity index (χ1) is 17.6. The van der Waals surface area contributed by atoms with Gasteiger partial charge in [0, 0.05) is 17.4 Å². The summed E-state index contributed by atoms with van der Waals surface area (Å²) in [4.78, 5) is 38.8. The van der Waals surface area contributed by atoms with E-state index in [9.17, 15) is 14.4 Å². The van der Waals surface area contributed by atoms with Crippen molar-refractivity contribution in [3.63, 3.8) is 0 Å². The molecule has 0 radical (unpaired) electrons. The van der Waals surface area contributed by atoms with Gasteiger partial charge in [-0.1, -0.05) is 63.1 Å². The summed E-state index contributed by atoms with van der Waals surface area (Å²) >= 11 is 6.08. The standard InChI is InChI=1S/C30H33ClO6/c1-17(2)22-14-9-18(3)15-26(22)36-30(34)37-28-23-7-5-6-8-25(23)35-29(33)27(28)24(16-19(4)32)20-10-12-21(31)13-11-20/h5-8,10-13,17-18,22,24,26H,9,14-16H2,1-4H3. The molecule has 3 aromatic rings. The van der Waals surface area contributed by atoms with Gasteiger partial charge >= 0.3 is 11.8 Å². The van der Waals surface area contributed by atoms with E-state index in [0.29, 0.717) is 27.8 Å². The van der Waals surface area contributed by atoms with Crippen molar-refractivity contribution in [3.05, 3.63) is 75.1 Å². The van der Waals surface area contributed by atoms with Gasteiger partial charge in [-0.2, -0.15) is 0 Å². The Bertz CT molecular complexity index is 1330. The Morgan fingerprint density at radius 1 is 1.08 bits per heavy atom. The Balaban J connectivity index is 1.78. The molecule has 0 N–H and O–H groups in total. The van der Waals surface area contributed by atoms with E-state index in [0.717, 1.165) is 19.3 Å². The minimum absolute atomic E-state index is 0.0195. The molecule has 0 aliphatic heterocycles. The number of ketones is 1. The first-order valence-electron chi connectivity index (χ1n) is 12.8. The van der Waals surface area contributed by atoms with E-state index >= 15 is 0 Å². The lowest BCUT2D eigenvalue weighted by atomic mass is 9.75. The summed E-state index contributed by atoms with van der Waals surface area (Å²) in [5.74, 6) is 0.269. The van der Waals surface area contributed by atoms with Gasteiger partial charge in [0.25, 0.3) is 0 Å². The van der Waals surface area contributed by atoms with Crippen LogP contribution < -0.4 is 10.4 Å². The molecule has 6 nitrogen and oxygen atoms in total. The zero-order chi connectivity index (χ0) is 26.7. The first-order valence-corrected chi connectivity index (χ1v) is 13.2. The van der Waals surface area contributed by atoms with E-state index in [-0.39, 0.29) is 41.1 Å². The van der Waals surface area contributed by atoms with Gasteiger partial charge in [-0.3, -0.25) is 4.79 Å². The zero-order valence-corrected chi connectivity index (χ0v) is 22.4. The fourth-order valence-electron chi connectivity index (χ4n) is 5.40. The molecule has 0 saturated heterocycles. The van der Waals surface area contributed by atoms with Gasteiger partial charge in [0.05, 0.1) is 10.9 Å². The largest absolute Gasteiger partial charge is 0.514 e. The van der Waals surface area contributed by atoms with Crippen molar-refractivity contribution < 1.29 is 23.5 Å². The quantitative estimate of drug-likeness (QED) is 0.234. The van der Waals surface area contributed by atoms with Crippen LogP contribution in [0.2, 0.25) is 5.02 Å². The topological polar surface area (TPSA) is 82.8 Å². The van der Waals surface area contributed by atoms with Crippen molar-refractivity contribution in [1.29, 1.82) is 0 Å². The van der Waals surface area contributed by atoms with Crippen LogP contribution in [0.25, 0.3) is 11.0 Å². The van der Waals surface area contributed by atoms with Gasteiger partial charge in [0.15, 0.2) is 5.75 Å². The molecule has 4 rings (SSSR count). The maximum absolute atomic E-state index is 13.3. The number of hydrogen-bond acceptors (Lipinski definition) is 6. The summed E-state index contributed by atoms with van der Waals surface area (Å²) in [6.07, 6.45) is 1.73. The van der Waals surface area contributed by atoms with Gasteiger partial charge in [-0.05, 0) is 67.3 Å². The molecule has 37 heavy (non-hydrogen) atoms. The lowest BCUT2D eigenvalue weighted by Crippen LogP contribution is -2.36. The molecule has 0 bridgehead atoms. The van der Waals surface area contributed by atoms with Gasteiger partial charge in [-0.15, -0.1) is 0 Å². The summed E-state index contributed by atoms with van der Waals surface area (Å²) < 4.78 is 17.4. The van der Waals surface area contributed by atoms with Crippen LogP contribution in [0.4, 0.5) is 4.79 Å².